The second-order valence-corrected chi connectivity index (χ2v) is 2.59. The zero-order chi connectivity index (χ0) is 15.7. The largest absolute Gasteiger partial charge is 0.255 e. The van der Waals surface area contributed by atoms with E-state index in [0.29, 0.717) is 7.18 Å². The minimum Gasteiger partial charge on any atom is -0.255 e. The van der Waals surface area contributed by atoms with E-state index in [0.717, 1.165) is 11.1 Å². The fourth-order valence-electron chi connectivity index (χ4n) is 1.03. The lowest BCUT2D eigenvalue weighted by atomic mass is 10.0. The number of hydrogen-bond donors (Lipinski definition) is 0. The summed E-state index contributed by atoms with van der Waals surface area (Å²) in [4.78, 5) is 0. The van der Waals surface area contributed by atoms with Crippen molar-refractivity contribution in [3.63, 3.8) is 0 Å². The molecule has 0 atom stereocenters. The number of alkyl halides is 1. The summed E-state index contributed by atoms with van der Waals surface area (Å²) in [5.74, 6) is 0. The molecule has 0 bridgehead atoms. The molecule has 0 heterocycles. The molecule has 0 aliphatic rings. The fourth-order valence-corrected chi connectivity index (χ4v) is 1.03. The molecule has 0 aliphatic heterocycles. The smallest absolute Gasteiger partial charge is 0.133 e. The zero-order valence-electron chi connectivity index (χ0n) is 10.2. The van der Waals surface area contributed by atoms with Gasteiger partial charge in [-0.3, -0.25) is 4.39 Å². The molecule has 0 amide bonds. The fraction of sp³-hybridized carbons (Fsp3) is 0.167. The van der Waals surface area contributed by atoms with Gasteiger partial charge in [0, 0.05) is 18.3 Å². The minimum absolute atomic E-state index is 0.172. The third kappa shape index (κ3) is 9.31. The Kier molecular flexibility index (Phi) is 20.6. The Balaban J connectivity index is -0.000000375. The van der Waals surface area contributed by atoms with Crippen LogP contribution in [0.1, 0.15) is 12.5 Å². The molecule has 7 heteroatoms. The van der Waals surface area contributed by atoms with Crippen molar-refractivity contribution in [3.05, 3.63) is 41.5 Å². The Morgan fingerprint density at radius 2 is 1.26 bits per heavy atom. The van der Waals surface area contributed by atoms with Gasteiger partial charge in [0.25, 0.3) is 0 Å². The summed E-state index contributed by atoms with van der Waals surface area (Å²) in [6.45, 7) is 1.77. The summed E-state index contributed by atoms with van der Waals surface area (Å²) in [5, 5.41) is 17.3. The molecule has 0 spiro atoms. The maximum absolute atomic E-state index is 9.50. The van der Waals surface area contributed by atoms with Gasteiger partial charge >= 0.3 is 0 Å². The molecule has 0 aliphatic carbocycles. The highest BCUT2D eigenvalue weighted by atomic mass is 20.0. The third-order valence-electron chi connectivity index (χ3n) is 1.81. The molecule has 19 heavy (non-hydrogen) atoms. The zero-order valence-corrected chi connectivity index (χ0v) is 10.2. The van der Waals surface area contributed by atoms with Crippen molar-refractivity contribution in [2.75, 3.05) is 7.18 Å². The van der Waals surface area contributed by atoms with Crippen LogP contribution < -0.4 is 0 Å². The van der Waals surface area contributed by atoms with E-state index < -0.39 is 0 Å². The summed E-state index contributed by atoms with van der Waals surface area (Å²) in [6, 6.07) is 13.2. The Morgan fingerprint density at radius 1 is 0.895 bits per heavy atom. The van der Waals surface area contributed by atoms with Gasteiger partial charge in [-0.2, -0.15) is 10.5 Å². The lowest BCUT2D eigenvalue weighted by molar-refractivity contribution is 0.108. The van der Waals surface area contributed by atoms with Gasteiger partial charge in [0.15, 0.2) is 0 Å². The highest BCUT2D eigenvalue weighted by Gasteiger charge is 2.01. The van der Waals surface area contributed by atoms with E-state index in [4.69, 9.17) is 28.8 Å². The molecule has 1 aromatic carbocycles. The van der Waals surface area contributed by atoms with Crippen molar-refractivity contribution in [2.45, 2.75) is 6.92 Å². The van der Waals surface area contributed by atoms with Crippen LogP contribution >= 0.6 is 0 Å². The standard InChI is InChI=1S/C11H8N2.CH3F.2F2/c1-9(11(7-12)8-13)10-5-3-2-4-6-10;3*1-2/h2-6H,1H3;1H3;;. The van der Waals surface area contributed by atoms with Gasteiger partial charge in [0.1, 0.15) is 17.7 Å². The van der Waals surface area contributed by atoms with Crippen LogP contribution in [0.25, 0.3) is 5.57 Å². The molecule has 1 rings (SSSR count). The predicted octanol–water partition coefficient (Wildman–Crippen LogP) is 4.77. The van der Waals surface area contributed by atoms with Gasteiger partial charge in [0.05, 0.1) is 7.18 Å². The van der Waals surface area contributed by atoms with Crippen LogP contribution in [0.2, 0.25) is 0 Å². The van der Waals surface area contributed by atoms with Crippen LogP contribution in [0.15, 0.2) is 35.9 Å². The Hall–Kier alpha value is -2.41. The highest BCUT2D eigenvalue weighted by Crippen LogP contribution is 2.16. The Bertz CT molecular complexity index is 402. The lowest BCUT2D eigenvalue weighted by Gasteiger charge is -1.99. The normalized spacial score (nSPS) is 6.58. The van der Waals surface area contributed by atoms with Gasteiger partial charge in [-0.25, -0.2) is 0 Å². The average molecular weight is 278 g/mol. The van der Waals surface area contributed by atoms with E-state index in [1.807, 2.05) is 42.5 Å². The molecule has 1 aromatic rings. The van der Waals surface area contributed by atoms with Crippen molar-refractivity contribution in [3.8, 4) is 12.1 Å². The predicted molar refractivity (Wildman–Crippen MR) is 61.7 cm³/mol. The van der Waals surface area contributed by atoms with Crippen LogP contribution in [-0.4, -0.2) is 7.18 Å². The van der Waals surface area contributed by atoms with Gasteiger partial charge in [-0.1, -0.05) is 30.3 Å². The number of hydrogen-bond acceptors (Lipinski definition) is 2. The molecule has 0 aromatic heterocycles. The van der Waals surface area contributed by atoms with E-state index in [9.17, 15) is 4.39 Å². The third-order valence-corrected chi connectivity index (χ3v) is 1.81. The molecule has 0 radical (unpaired) electrons. The molecular formula is C12H11F5N2. The molecule has 2 nitrogen and oxygen atoms in total. The van der Waals surface area contributed by atoms with E-state index >= 15 is 0 Å². The summed E-state index contributed by atoms with van der Waals surface area (Å²) >= 11 is 0. The first kappa shape index (κ1) is 21.8. The van der Waals surface area contributed by atoms with Crippen molar-refractivity contribution >= 4 is 5.57 Å². The molecule has 0 fully saturated rings. The van der Waals surface area contributed by atoms with Crippen LogP contribution in [-0.2, 0) is 0 Å². The number of rotatable bonds is 1. The monoisotopic (exact) mass is 278 g/mol. The van der Waals surface area contributed by atoms with Gasteiger partial charge in [-0.15, -0.1) is 0 Å². The van der Waals surface area contributed by atoms with E-state index in [2.05, 4.69) is 0 Å². The van der Waals surface area contributed by atoms with Crippen LogP contribution in [0, 0.1) is 22.7 Å². The second kappa shape index (κ2) is 18.0. The lowest BCUT2D eigenvalue weighted by Crippen LogP contribution is -1.83. The number of halogens is 5. The molecule has 0 saturated carbocycles. The number of benzene rings is 1. The van der Waals surface area contributed by atoms with Crippen molar-refractivity contribution in [1.29, 1.82) is 10.5 Å². The Labute approximate surface area is 107 Å². The first-order valence-corrected chi connectivity index (χ1v) is 4.52. The van der Waals surface area contributed by atoms with Crippen LogP contribution in [0.3, 0.4) is 0 Å². The summed E-state index contributed by atoms with van der Waals surface area (Å²) < 4.78 is 41.5. The van der Waals surface area contributed by atoms with Gasteiger partial charge in [-0.05, 0) is 18.1 Å². The van der Waals surface area contributed by atoms with E-state index in [1.54, 1.807) is 6.92 Å². The topological polar surface area (TPSA) is 47.6 Å². The summed E-state index contributed by atoms with van der Waals surface area (Å²) in [6.07, 6.45) is 0. The maximum Gasteiger partial charge on any atom is 0.133 e. The average Bonchev–Trinajstić information content (AvgIpc) is 2.55. The molecule has 0 saturated heterocycles. The van der Waals surface area contributed by atoms with Crippen molar-refractivity contribution in [2.24, 2.45) is 0 Å². The first-order chi connectivity index (χ1) is 9.29. The number of allylic oxidation sites excluding steroid dienone is 2. The van der Waals surface area contributed by atoms with Gasteiger partial charge < -0.3 is 0 Å². The molecule has 0 unspecified atom stereocenters. The van der Waals surface area contributed by atoms with Gasteiger partial charge in [0.2, 0.25) is 0 Å². The number of nitriles is 2. The maximum atomic E-state index is 9.50. The first-order valence-electron chi connectivity index (χ1n) is 4.52. The molecule has 104 valence electrons. The van der Waals surface area contributed by atoms with Crippen LogP contribution in [0.4, 0.5) is 22.7 Å². The number of nitrogens with zero attached hydrogens (tertiary/aromatic N) is 2. The van der Waals surface area contributed by atoms with Crippen molar-refractivity contribution in [1.82, 2.24) is 0 Å². The van der Waals surface area contributed by atoms with E-state index in [-0.39, 0.29) is 5.57 Å². The van der Waals surface area contributed by atoms with E-state index in [1.165, 1.54) is 0 Å². The highest BCUT2D eigenvalue weighted by molar-refractivity contribution is 5.73. The summed E-state index contributed by atoms with van der Waals surface area (Å²) in [7, 11) is 0.500. The quantitative estimate of drug-likeness (QED) is 0.548. The Morgan fingerprint density at radius 3 is 1.58 bits per heavy atom. The van der Waals surface area contributed by atoms with Crippen molar-refractivity contribution < 1.29 is 22.7 Å². The molecular weight excluding hydrogens is 267 g/mol. The SMILES string of the molecule is CC(=C(C#N)C#N)c1ccccc1.CF.FF.FF. The summed E-state index contributed by atoms with van der Waals surface area (Å²) in [5.41, 5.74) is 1.82. The molecule has 0 N–H and O–H groups in total. The van der Waals surface area contributed by atoms with Crippen LogP contribution in [0.5, 0.6) is 0 Å². The minimum atomic E-state index is 0.172. The second-order valence-electron chi connectivity index (χ2n) is 2.59.